The summed E-state index contributed by atoms with van der Waals surface area (Å²) >= 11 is 0. The number of amides is 1. The Morgan fingerprint density at radius 1 is 1.09 bits per heavy atom. The van der Waals surface area contributed by atoms with Crippen molar-refractivity contribution < 1.29 is 17.9 Å². The van der Waals surface area contributed by atoms with Crippen molar-refractivity contribution in [2.75, 3.05) is 37.5 Å². The highest BCUT2D eigenvalue weighted by Gasteiger charge is 2.30. The Labute approximate surface area is 205 Å². The van der Waals surface area contributed by atoms with Crippen LogP contribution >= 0.6 is 0 Å². The molecule has 2 fully saturated rings. The van der Waals surface area contributed by atoms with E-state index in [4.69, 9.17) is 4.74 Å². The maximum atomic E-state index is 13.1. The lowest BCUT2D eigenvalue weighted by molar-refractivity contribution is 0.0279. The number of carbonyl (C=O) groups excluding carboxylic acids is 1. The van der Waals surface area contributed by atoms with Gasteiger partial charge >= 0.3 is 0 Å². The molecular weight excluding hydrogens is 464 g/mol. The number of hydrogen-bond acceptors (Lipinski definition) is 6. The number of carbonyl (C=O) groups is 1. The van der Waals surface area contributed by atoms with Crippen LogP contribution in [0.25, 0.3) is 10.9 Å². The third kappa shape index (κ3) is 5.32. The van der Waals surface area contributed by atoms with Crippen LogP contribution in [0.1, 0.15) is 30.1 Å². The minimum atomic E-state index is -3.86. The number of nitrogens with zero attached hydrogens (tertiary/aromatic N) is 3. The number of fused-ring (bicyclic) bond motifs is 1. The van der Waals surface area contributed by atoms with Crippen molar-refractivity contribution in [3.05, 3.63) is 66.2 Å². The molecule has 35 heavy (non-hydrogen) atoms. The molecule has 1 N–H and O–H groups in total. The highest BCUT2D eigenvalue weighted by atomic mass is 32.2. The fourth-order valence-electron chi connectivity index (χ4n) is 4.83. The van der Waals surface area contributed by atoms with Crippen LogP contribution in [0.2, 0.25) is 0 Å². The highest BCUT2D eigenvalue weighted by molar-refractivity contribution is 7.92. The van der Waals surface area contributed by atoms with Crippen LogP contribution in [-0.2, 0) is 14.8 Å². The molecule has 2 atom stereocenters. The van der Waals surface area contributed by atoms with Gasteiger partial charge in [-0.15, -0.1) is 0 Å². The van der Waals surface area contributed by atoms with Crippen molar-refractivity contribution in [3.8, 4) is 0 Å². The van der Waals surface area contributed by atoms with Gasteiger partial charge in [-0.05, 0) is 62.2 Å². The van der Waals surface area contributed by atoms with Gasteiger partial charge in [0.05, 0.1) is 11.6 Å². The number of benzene rings is 2. The van der Waals surface area contributed by atoms with Gasteiger partial charge in [0.2, 0.25) is 0 Å². The Kier molecular flexibility index (Phi) is 6.73. The maximum Gasteiger partial charge on any atom is 0.279 e. The molecule has 0 radical (unpaired) electrons. The summed E-state index contributed by atoms with van der Waals surface area (Å²) in [5, 5.41) is 0.822. The van der Waals surface area contributed by atoms with Gasteiger partial charge in [-0.1, -0.05) is 18.2 Å². The van der Waals surface area contributed by atoms with Crippen LogP contribution in [0.3, 0.4) is 0 Å². The maximum absolute atomic E-state index is 13.1. The summed E-state index contributed by atoms with van der Waals surface area (Å²) in [6.07, 6.45) is 2.55. The molecule has 2 aromatic carbocycles. The third-order valence-electron chi connectivity index (χ3n) is 6.69. The first-order valence-corrected chi connectivity index (χ1v) is 13.5. The van der Waals surface area contributed by atoms with E-state index >= 15 is 0 Å². The largest absolute Gasteiger partial charge is 0.377 e. The van der Waals surface area contributed by atoms with Crippen LogP contribution in [0, 0.1) is 0 Å². The summed E-state index contributed by atoms with van der Waals surface area (Å²) in [6.45, 7) is 6.15. The van der Waals surface area contributed by atoms with E-state index in [0.717, 1.165) is 44.5 Å². The molecule has 3 heterocycles. The topological polar surface area (TPSA) is 91.8 Å². The van der Waals surface area contributed by atoms with E-state index in [2.05, 4.69) is 21.5 Å². The Bertz CT molecular complexity index is 1310. The normalized spacial score (nSPS) is 21.3. The first kappa shape index (κ1) is 23.7. The number of rotatable bonds is 6. The number of anilines is 1. The van der Waals surface area contributed by atoms with Gasteiger partial charge in [-0.2, -0.15) is 8.42 Å². The monoisotopic (exact) mass is 494 g/mol. The van der Waals surface area contributed by atoms with Crippen LogP contribution in [0.5, 0.6) is 0 Å². The van der Waals surface area contributed by atoms with Crippen LogP contribution in [0.4, 0.5) is 5.69 Å². The number of sulfonamides is 1. The number of hydrogen-bond donors (Lipinski definition) is 1. The minimum Gasteiger partial charge on any atom is -0.377 e. The van der Waals surface area contributed by atoms with E-state index < -0.39 is 10.0 Å². The second-order valence-electron chi connectivity index (χ2n) is 9.27. The number of para-hydroxylation sites is 1. The number of nitrogens with one attached hydrogen (secondary N) is 1. The predicted octanol–water partition coefficient (Wildman–Crippen LogP) is 3.36. The number of pyridine rings is 1. The molecule has 2 saturated heterocycles. The Morgan fingerprint density at radius 2 is 1.89 bits per heavy atom. The molecule has 1 amide bonds. The van der Waals surface area contributed by atoms with Gasteiger partial charge in [-0.3, -0.25) is 14.4 Å². The first-order chi connectivity index (χ1) is 16.9. The average Bonchev–Trinajstić information content (AvgIpc) is 3.37. The summed E-state index contributed by atoms with van der Waals surface area (Å²) in [4.78, 5) is 21.7. The van der Waals surface area contributed by atoms with Crippen molar-refractivity contribution in [2.45, 2.75) is 36.9 Å². The fraction of sp³-hybridized carbons (Fsp3) is 0.385. The van der Waals surface area contributed by atoms with E-state index in [1.165, 1.54) is 6.07 Å². The Balaban J connectivity index is 1.22. The van der Waals surface area contributed by atoms with Crippen molar-refractivity contribution in [1.82, 2.24) is 14.8 Å². The average molecular weight is 495 g/mol. The lowest BCUT2D eigenvalue weighted by Gasteiger charge is -2.40. The van der Waals surface area contributed by atoms with E-state index in [1.54, 1.807) is 36.4 Å². The molecule has 8 nitrogen and oxygen atoms in total. The molecule has 1 aromatic heterocycles. The van der Waals surface area contributed by atoms with Crippen molar-refractivity contribution in [2.24, 2.45) is 0 Å². The van der Waals surface area contributed by atoms with Gasteiger partial charge in [0.25, 0.3) is 15.9 Å². The van der Waals surface area contributed by atoms with Gasteiger partial charge < -0.3 is 9.64 Å². The van der Waals surface area contributed by atoms with Crippen LogP contribution in [-0.4, -0.2) is 74.0 Å². The molecule has 0 spiro atoms. The fourth-order valence-corrected chi connectivity index (χ4v) is 5.84. The zero-order valence-corrected chi connectivity index (χ0v) is 20.6. The lowest BCUT2D eigenvalue weighted by Crippen LogP contribution is -2.55. The second-order valence-corrected chi connectivity index (χ2v) is 10.9. The zero-order chi connectivity index (χ0) is 24.4. The van der Waals surface area contributed by atoms with Crippen LogP contribution in [0.15, 0.2) is 65.7 Å². The van der Waals surface area contributed by atoms with E-state index in [-0.39, 0.29) is 17.0 Å². The highest BCUT2D eigenvalue weighted by Crippen LogP contribution is 2.21. The Hall–Kier alpha value is -3.01. The van der Waals surface area contributed by atoms with Crippen molar-refractivity contribution in [3.63, 3.8) is 0 Å². The standard InChI is InChI=1S/C26H30N4O4S/c1-19-17-29(18-23-6-4-16-34-23)14-15-30(19)26(31)21-8-11-22(12-9-21)28-35(32,33)25-13-10-20-5-2-3-7-24(20)27-25/h2-3,5,7-13,19,23,28H,4,6,14-18H2,1H3/t19-,23-/m1/s1. The third-order valence-corrected chi connectivity index (χ3v) is 7.97. The molecule has 2 aliphatic rings. The second kappa shape index (κ2) is 9.93. The number of ether oxygens (including phenoxy) is 1. The summed E-state index contributed by atoms with van der Waals surface area (Å²) in [7, 11) is -3.86. The molecule has 9 heteroatoms. The van der Waals surface area contributed by atoms with Gasteiger partial charge in [0.15, 0.2) is 5.03 Å². The molecule has 0 bridgehead atoms. The zero-order valence-electron chi connectivity index (χ0n) is 19.8. The summed E-state index contributed by atoms with van der Waals surface area (Å²) in [5.74, 6) is -0.0418. The van der Waals surface area contributed by atoms with E-state index in [9.17, 15) is 13.2 Å². The quantitative estimate of drug-likeness (QED) is 0.565. The number of aromatic nitrogens is 1. The summed E-state index contributed by atoms with van der Waals surface area (Å²) < 4.78 is 34.0. The van der Waals surface area contributed by atoms with E-state index in [1.807, 2.05) is 23.1 Å². The molecule has 0 unspecified atom stereocenters. The predicted molar refractivity (Wildman–Crippen MR) is 135 cm³/mol. The Morgan fingerprint density at radius 3 is 2.63 bits per heavy atom. The van der Waals surface area contributed by atoms with Gasteiger partial charge in [0.1, 0.15) is 0 Å². The molecule has 2 aliphatic heterocycles. The van der Waals surface area contributed by atoms with E-state index in [0.29, 0.717) is 29.4 Å². The molecule has 0 aliphatic carbocycles. The van der Waals surface area contributed by atoms with Crippen molar-refractivity contribution in [1.29, 1.82) is 0 Å². The SMILES string of the molecule is C[C@@H]1CN(C[C@H]2CCCO2)CCN1C(=O)c1ccc(NS(=O)(=O)c2ccc3ccccc3n2)cc1. The number of piperazine rings is 1. The van der Waals surface area contributed by atoms with Gasteiger partial charge in [-0.25, -0.2) is 4.98 Å². The lowest BCUT2D eigenvalue weighted by atomic mass is 10.1. The molecule has 0 saturated carbocycles. The van der Waals surface area contributed by atoms with Crippen LogP contribution < -0.4 is 4.72 Å². The molecule has 3 aromatic rings. The molecule has 5 rings (SSSR count). The van der Waals surface area contributed by atoms with Gasteiger partial charge in [0, 0.05) is 55.5 Å². The first-order valence-electron chi connectivity index (χ1n) is 12.0. The smallest absolute Gasteiger partial charge is 0.279 e. The molecular formula is C26H30N4O4S. The minimum absolute atomic E-state index is 0.0418. The summed E-state index contributed by atoms with van der Waals surface area (Å²) in [6, 6.07) is 17.2. The van der Waals surface area contributed by atoms with Crippen molar-refractivity contribution >= 4 is 32.5 Å². The molecule has 184 valence electrons. The summed E-state index contributed by atoms with van der Waals surface area (Å²) in [5.41, 5.74) is 1.53.